The Hall–Kier alpha value is -4.03. The molecule has 4 rings (SSSR count). The van der Waals surface area contributed by atoms with Gasteiger partial charge in [0.1, 0.15) is 22.1 Å². The summed E-state index contributed by atoms with van der Waals surface area (Å²) in [5.41, 5.74) is 5.55. The van der Waals surface area contributed by atoms with E-state index in [-0.39, 0.29) is 43.9 Å². The normalized spacial score (nSPS) is 15.9. The van der Waals surface area contributed by atoms with Crippen LogP contribution in [0, 0.1) is 23.0 Å². The maximum atomic E-state index is 14.8. The minimum absolute atomic E-state index is 0.0250. The highest BCUT2D eigenvalue weighted by molar-refractivity contribution is 7.07. The summed E-state index contributed by atoms with van der Waals surface area (Å²) in [5, 5.41) is 9.86. The van der Waals surface area contributed by atoms with Crippen LogP contribution in [0.15, 0.2) is 58.9 Å². The number of rotatable bonds is 4. The Balaban J connectivity index is 2.14. The molecule has 6 nitrogen and oxygen atoms in total. The Morgan fingerprint density at radius 3 is 2.52 bits per heavy atom. The van der Waals surface area contributed by atoms with E-state index in [1.165, 1.54) is 42.5 Å². The van der Waals surface area contributed by atoms with Crippen LogP contribution in [-0.2, 0) is 9.53 Å². The number of nitriles is 1. The first-order valence-corrected chi connectivity index (χ1v) is 10.7. The second kappa shape index (κ2) is 8.84. The monoisotopic (exact) mass is 465 g/mol. The zero-order valence-electron chi connectivity index (χ0n) is 17.3. The number of hydrogen-bond acceptors (Lipinski definition) is 6. The van der Waals surface area contributed by atoms with Crippen LogP contribution in [0.3, 0.4) is 0 Å². The maximum absolute atomic E-state index is 14.8. The number of nitrogens with two attached hydrogens (primary N) is 1. The fraction of sp³-hybridized carbons (Fsp3) is 0.125. The van der Waals surface area contributed by atoms with Gasteiger partial charge in [-0.3, -0.25) is 9.36 Å². The van der Waals surface area contributed by atoms with E-state index in [1.54, 1.807) is 19.1 Å². The van der Waals surface area contributed by atoms with Gasteiger partial charge in [0.15, 0.2) is 0 Å². The van der Waals surface area contributed by atoms with Crippen LogP contribution in [0.2, 0.25) is 0 Å². The highest BCUT2D eigenvalue weighted by atomic mass is 32.1. The molecule has 1 atom stereocenters. The third-order valence-corrected chi connectivity index (χ3v) is 6.28. The zero-order valence-corrected chi connectivity index (χ0v) is 18.2. The molecule has 2 aromatic carbocycles. The smallest absolute Gasteiger partial charge is 0.338 e. The molecule has 0 fully saturated rings. The molecule has 9 heteroatoms. The number of thiazole rings is 1. The molecule has 0 saturated carbocycles. The van der Waals surface area contributed by atoms with Crippen molar-refractivity contribution in [3.8, 4) is 6.07 Å². The van der Waals surface area contributed by atoms with Crippen molar-refractivity contribution < 1.29 is 18.3 Å². The number of ether oxygens (including phenoxy) is 1. The van der Waals surface area contributed by atoms with Crippen LogP contribution in [0.1, 0.15) is 24.0 Å². The summed E-state index contributed by atoms with van der Waals surface area (Å²) in [7, 11) is 0. The zero-order chi connectivity index (χ0) is 23.7. The molecular formula is C24H17F2N3O3S. The van der Waals surface area contributed by atoms with Crippen molar-refractivity contribution in [1.29, 1.82) is 5.26 Å². The number of nitrogens with zero attached hydrogens (tertiary/aromatic N) is 2. The summed E-state index contributed by atoms with van der Waals surface area (Å²) in [6, 6.07) is 13.5. The third kappa shape index (κ3) is 3.75. The van der Waals surface area contributed by atoms with Gasteiger partial charge in [-0.25, -0.2) is 13.6 Å². The highest BCUT2D eigenvalue weighted by Crippen LogP contribution is 2.37. The van der Waals surface area contributed by atoms with E-state index in [0.29, 0.717) is 0 Å². The number of halogens is 2. The van der Waals surface area contributed by atoms with Crippen molar-refractivity contribution in [2.75, 3.05) is 6.61 Å². The standard InChI is InChI=1S/C24H17F2N3O3S/c1-2-32-24(31)20-19(14-8-4-6-10-17(14)26)15(12-27)21(28)29-22(30)18(33-23(20)29)11-13-7-3-5-9-16(13)25/h3-11,19H,2,28H2,1H3/b18-11-/t19-/m0/s1. The highest BCUT2D eigenvalue weighted by Gasteiger charge is 2.37. The molecule has 0 radical (unpaired) electrons. The minimum Gasteiger partial charge on any atom is -0.463 e. The number of carbonyl (C=O) groups is 1. The van der Waals surface area contributed by atoms with Gasteiger partial charge in [0.05, 0.1) is 34.3 Å². The molecule has 0 amide bonds. The molecule has 166 valence electrons. The Morgan fingerprint density at radius 2 is 1.88 bits per heavy atom. The van der Waals surface area contributed by atoms with E-state index in [4.69, 9.17) is 10.5 Å². The lowest BCUT2D eigenvalue weighted by atomic mass is 9.83. The maximum Gasteiger partial charge on any atom is 0.338 e. The van der Waals surface area contributed by atoms with Crippen molar-refractivity contribution in [2.24, 2.45) is 5.73 Å². The fourth-order valence-electron chi connectivity index (χ4n) is 3.71. The second-order valence-electron chi connectivity index (χ2n) is 7.08. The average Bonchev–Trinajstić information content (AvgIpc) is 3.11. The van der Waals surface area contributed by atoms with Crippen molar-refractivity contribution in [1.82, 2.24) is 4.57 Å². The molecule has 33 heavy (non-hydrogen) atoms. The molecule has 0 aliphatic carbocycles. The average molecular weight is 465 g/mol. The Labute approximate surface area is 190 Å². The first-order valence-electron chi connectivity index (χ1n) is 9.93. The molecule has 0 spiro atoms. The molecule has 0 bridgehead atoms. The lowest BCUT2D eigenvalue weighted by Crippen LogP contribution is -2.40. The largest absolute Gasteiger partial charge is 0.463 e. The molecule has 0 unspecified atom stereocenters. The van der Waals surface area contributed by atoms with Gasteiger partial charge in [0.2, 0.25) is 0 Å². The van der Waals surface area contributed by atoms with Gasteiger partial charge in [-0.05, 0) is 25.1 Å². The van der Waals surface area contributed by atoms with E-state index < -0.39 is 29.1 Å². The summed E-state index contributed by atoms with van der Waals surface area (Å²) < 4.78 is 35.4. The van der Waals surface area contributed by atoms with E-state index in [0.717, 1.165) is 15.9 Å². The number of benzene rings is 2. The first-order chi connectivity index (χ1) is 15.9. The molecule has 2 N–H and O–H groups in total. The Morgan fingerprint density at radius 1 is 1.21 bits per heavy atom. The van der Waals surface area contributed by atoms with Gasteiger partial charge >= 0.3 is 5.97 Å². The summed E-state index contributed by atoms with van der Waals surface area (Å²) in [6.07, 6.45) is 1.34. The summed E-state index contributed by atoms with van der Waals surface area (Å²) in [6.45, 7) is 1.63. The molecule has 1 aromatic heterocycles. The summed E-state index contributed by atoms with van der Waals surface area (Å²) in [4.78, 5) is 26.2. The SMILES string of the molecule is CCOC(=O)C1=c2s/c(=C\c3ccccc3F)c(=O)n2C(N)=C(C#N)[C@@H]1c1ccccc1F. The number of fused-ring (bicyclic) bond motifs is 1. The van der Waals surface area contributed by atoms with Crippen LogP contribution >= 0.6 is 11.3 Å². The van der Waals surface area contributed by atoms with Crippen LogP contribution in [0.4, 0.5) is 8.78 Å². The summed E-state index contributed by atoms with van der Waals surface area (Å²) in [5.74, 6) is -3.38. The van der Waals surface area contributed by atoms with Crippen LogP contribution in [0.5, 0.6) is 0 Å². The van der Waals surface area contributed by atoms with Crippen LogP contribution in [0.25, 0.3) is 17.5 Å². The number of aromatic nitrogens is 1. The van der Waals surface area contributed by atoms with Gasteiger partial charge in [-0.15, -0.1) is 11.3 Å². The van der Waals surface area contributed by atoms with Crippen molar-refractivity contribution in [3.05, 3.63) is 96.4 Å². The molecular weight excluding hydrogens is 448 g/mol. The van der Waals surface area contributed by atoms with Gasteiger partial charge in [-0.2, -0.15) is 5.26 Å². The second-order valence-corrected chi connectivity index (χ2v) is 8.11. The van der Waals surface area contributed by atoms with E-state index in [1.807, 2.05) is 6.07 Å². The quantitative estimate of drug-likeness (QED) is 0.596. The van der Waals surface area contributed by atoms with Crippen LogP contribution < -0.4 is 20.5 Å². The minimum atomic E-state index is -1.17. The lowest BCUT2D eigenvalue weighted by molar-refractivity contribution is -0.136. The van der Waals surface area contributed by atoms with Gasteiger partial charge in [-0.1, -0.05) is 36.4 Å². The molecule has 3 aromatic rings. The molecule has 1 aliphatic rings. The van der Waals surface area contributed by atoms with E-state index >= 15 is 0 Å². The molecule has 0 saturated heterocycles. The predicted octanol–water partition coefficient (Wildman–Crippen LogP) is 2.18. The van der Waals surface area contributed by atoms with Crippen molar-refractivity contribution >= 4 is 34.8 Å². The Bertz CT molecular complexity index is 1530. The predicted molar refractivity (Wildman–Crippen MR) is 120 cm³/mol. The van der Waals surface area contributed by atoms with Crippen molar-refractivity contribution in [3.63, 3.8) is 0 Å². The van der Waals surface area contributed by atoms with Crippen molar-refractivity contribution in [2.45, 2.75) is 12.8 Å². The number of carbonyl (C=O) groups excluding carboxylic acids is 1. The molecule has 1 aliphatic heterocycles. The lowest BCUT2D eigenvalue weighted by Gasteiger charge is -2.24. The summed E-state index contributed by atoms with van der Waals surface area (Å²) >= 11 is 0.893. The van der Waals surface area contributed by atoms with E-state index in [9.17, 15) is 23.6 Å². The molecule has 2 heterocycles. The fourth-order valence-corrected chi connectivity index (χ4v) is 4.86. The van der Waals surface area contributed by atoms with Gasteiger partial charge in [0.25, 0.3) is 5.56 Å². The first kappa shape index (κ1) is 22.2. The van der Waals surface area contributed by atoms with Gasteiger partial charge < -0.3 is 10.5 Å². The Kier molecular flexibility index (Phi) is 5.94. The number of esters is 1. The number of allylic oxidation sites excluding steroid dienone is 1. The third-order valence-electron chi connectivity index (χ3n) is 5.17. The topological polar surface area (TPSA) is 98.1 Å². The van der Waals surface area contributed by atoms with E-state index in [2.05, 4.69) is 0 Å². The van der Waals surface area contributed by atoms with Crippen LogP contribution in [-0.4, -0.2) is 17.1 Å². The number of hydrogen-bond donors (Lipinski definition) is 1. The van der Waals surface area contributed by atoms with Gasteiger partial charge in [0, 0.05) is 11.1 Å².